The normalized spacial score (nSPS) is 18.0. The molecule has 3 rings (SSSR count). The number of halogens is 1. The van der Waals surface area contributed by atoms with Crippen LogP contribution in [0.15, 0.2) is 42.5 Å². The Balaban J connectivity index is 1.68. The van der Waals surface area contributed by atoms with Crippen molar-refractivity contribution in [2.75, 3.05) is 6.61 Å². The van der Waals surface area contributed by atoms with Crippen LogP contribution in [0.4, 0.5) is 0 Å². The van der Waals surface area contributed by atoms with Crippen LogP contribution in [-0.2, 0) is 4.79 Å². The van der Waals surface area contributed by atoms with E-state index in [2.05, 4.69) is 11.4 Å². The van der Waals surface area contributed by atoms with Crippen LogP contribution < -0.4 is 14.8 Å². The van der Waals surface area contributed by atoms with Crippen LogP contribution in [0.3, 0.4) is 0 Å². The molecule has 0 saturated carbocycles. The van der Waals surface area contributed by atoms with Crippen molar-refractivity contribution in [1.29, 1.82) is 0 Å². The monoisotopic (exact) mass is 359 g/mol. The molecule has 25 heavy (non-hydrogen) atoms. The Kier molecular flexibility index (Phi) is 4.91. The molecule has 0 unspecified atom stereocenters. The first-order valence-corrected chi connectivity index (χ1v) is 8.67. The highest BCUT2D eigenvalue weighted by Gasteiger charge is 2.34. The first kappa shape index (κ1) is 17.6. The summed E-state index contributed by atoms with van der Waals surface area (Å²) in [5, 5.41) is 3.70. The summed E-state index contributed by atoms with van der Waals surface area (Å²) in [5.41, 5.74) is 1.81. The van der Waals surface area contributed by atoms with Crippen LogP contribution >= 0.6 is 11.6 Å². The van der Waals surface area contributed by atoms with Gasteiger partial charge in [0, 0.05) is 17.0 Å². The second kappa shape index (κ2) is 6.96. The summed E-state index contributed by atoms with van der Waals surface area (Å²) in [6.45, 7) is 6.04. The summed E-state index contributed by atoms with van der Waals surface area (Å²) in [4.78, 5) is 12.4. The van der Waals surface area contributed by atoms with Gasteiger partial charge in [-0.15, -0.1) is 0 Å². The van der Waals surface area contributed by atoms with E-state index < -0.39 is 0 Å². The number of ether oxygens (including phenoxy) is 2. The quantitative estimate of drug-likeness (QED) is 0.877. The van der Waals surface area contributed by atoms with Gasteiger partial charge in [0.25, 0.3) is 5.91 Å². The van der Waals surface area contributed by atoms with Gasteiger partial charge in [0.1, 0.15) is 17.1 Å². The first-order valence-electron chi connectivity index (χ1n) is 8.30. The smallest absolute Gasteiger partial charge is 0.258 e. The third-order valence-electron chi connectivity index (χ3n) is 4.14. The molecule has 0 radical (unpaired) electrons. The number of hydrogen-bond acceptors (Lipinski definition) is 3. The van der Waals surface area contributed by atoms with Gasteiger partial charge in [0.15, 0.2) is 6.61 Å². The molecule has 1 aliphatic rings. The summed E-state index contributed by atoms with van der Waals surface area (Å²) in [6.07, 6.45) is 0.705. The second-order valence-corrected chi connectivity index (χ2v) is 7.41. The van der Waals surface area contributed by atoms with E-state index >= 15 is 0 Å². The Morgan fingerprint density at radius 3 is 2.72 bits per heavy atom. The lowest BCUT2D eigenvalue weighted by molar-refractivity contribution is -0.124. The SMILES string of the molecule is Cc1ccc2c(c1)[C@@H](NC(=O)COc1ccc(Cl)cc1)CC(C)(C)O2. The molecule has 1 atom stereocenters. The molecule has 0 spiro atoms. The van der Waals surface area contributed by atoms with Crippen molar-refractivity contribution in [3.05, 3.63) is 58.6 Å². The van der Waals surface area contributed by atoms with E-state index in [1.54, 1.807) is 24.3 Å². The number of carbonyl (C=O) groups excluding carboxylic acids is 1. The van der Waals surface area contributed by atoms with E-state index in [-0.39, 0.29) is 24.2 Å². The zero-order valence-corrected chi connectivity index (χ0v) is 15.4. The number of hydrogen-bond donors (Lipinski definition) is 1. The Morgan fingerprint density at radius 2 is 2.00 bits per heavy atom. The lowest BCUT2D eigenvalue weighted by Gasteiger charge is -2.38. The summed E-state index contributed by atoms with van der Waals surface area (Å²) < 4.78 is 11.6. The van der Waals surface area contributed by atoms with E-state index in [0.717, 1.165) is 16.9 Å². The summed E-state index contributed by atoms with van der Waals surface area (Å²) in [5.74, 6) is 1.28. The lowest BCUT2D eigenvalue weighted by atomic mass is 9.89. The minimum Gasteiger partial charge on any atom is -0.487 e. The molecule has 2 aromatic carbocycles. The van der Waals surface area contributed by atoms with Gasteiger partial charge < -0.3 is 14.8 Å². The van der Waals surface area contributed by atoms with Crippen molar-refractivity contribution in [3.8, 4) is 11.5 Å². The van der Waals surface area contributed by atoms with E-state index in [4.69, 9.17) is 21.1 Å². The second-order valence-electron chi connectivity index (χ2n) is 6.97. The molecular weight excluding hydrogens is 338 g/mol. The Morgan fingerprint density at radius 1 is 1.28 bits per heavy atom. The predicted octanol–water partition coefficient (Wildman–Crippen LogP) is 4.45. The fourth-order valence-corrected chi connectivity index (χ4v) is 3.14. The van der Waals surface area contributed by atoms with Gasteiger partial charge in [0.2, 0.25) is 0 Å². The van der Waals surface area contributed by atoms with Crippen molar-refractivity contribution in [2.45, 2.75) is 38.8 Å². The van der Waals surface area contributed by atoms with Gasteiger partial charge in [0.05, 0.1) is 6.04 Å². The minimum atomic E-state index is -0.336. The largest absolute Gasteiger partial charge is 0.487 e. The summed E-state index contributed by atoms with van der Waals surface area (Å²) in [7, 11) is 0. The van der Waals surface area contributed by atoms with Crippen molar-refractivity contribution < 1.29 is 14.3 Å². The number of amides is 1. The molecule has 1 aliphatic heterocycles. The molecule has 0 aliphatic carbocycles. The highest BCUT2D eigenvalue weighted by atomic mass is 35.5. The Hall–Kier alpha value is -2.20. The zero-order chi connectivity index (χ0) is 18.0. The maximum absolute atomic E-state index is 12.4. The molecule has 0 saturated heterocycles. The fourth-order valence-electron chi connectivity index (χ4n) is 3.02. The van der Waals surface area contributed by atoms with Crippen LogP contribution in [0.2, 0.25) is 5.02 Å². The number of benzene rings is 2. The summed E-state index contributed by atoms with van der Waals surface area (Å²) >= 11 is 5.84. The maximum Gasteiger partial charge on any atom is 0.258 e. The minimum absolute atomic E-state index is 0.0411. The van der Waals surface area contributed by atoms with E-state index in [1.807, 2.05) is 32.9 Å². The average Bonchev–Trinajstić information content (AvgIpc) is 2.54. The van der Waals surface area contributed by atoms with E-state index in [9.17, 15) is 4.79 Å². The van der Waals surface area contributed by atoms with Crippen LogP contribution in [0, 0.1) is 6.92 Å². The van der Waals surface area contributed by atoms with Crippen molar-refractivity contribution in [1.82, 2.24) is 5.32 Å². The van der Waals surface area contributed by atoms with Crippen LogP contribution in [-0.4, -0.2) is 18.1 Å². The number of carbonyl (C=O) groups is 1. The molecule has 2 aromatic rings. The van der Waals surface area contributed by atoms with Gasteiger partial charge in [-0.3, -0.25) is 4.79 Å². The lowest BCUT2D eigenvalue weighted by Crippen LogP contribution is -2.42. The molecular formula is C20H22ClNO3. The zero-order valence-electron chi connectivity index (χ0n) is 14.6. The van der Waals surface area contributed by atoms with Crippen LogP contribution in [0.25, 0.3) is 0 Å². The molecule has 132 valence electrons. The highest BCUT2D eigenvalue weighted by molar-refractivity contribution is 6.30. The van der Waals surface area contributed by atoms with Gasteiger partial charge in [-0.25, -0.2) is 0 Å². The van der Waals surface area contributed by atoms with Crippen LogP contribution in [0.5, 0.6) is 11.5 Å². The molecule has 4 nitrogen and oxygen atoms in total. The average molecular weight is 360 g/mol. The molecule has 1 heterocycles. The standard InChI is InChI=1S/C20H22ClNO3/c1-13-4-9-18-16(10-13)17(11-20(2,3)25-18)22-19(23)12-24-15-7-5-14(21)6-8-15/h4-10,17H,11-12H2,1-3H3,(H,22,23)/t17-/m0/s1. The summed E-state index contributed by atoms with van der Waals surface area (Å²) in [6, 6.07) is 12.9. The van der Waals surface area contributed by atoms with Gasteiger partial charge in [-0.2, -0.15) is 0 Å². The van der Waals surface area contributed by atoms with Gasteiger partial charge >= 0.3 is 0 Å². The topological polar surface area (TPSA) is 47.6 Å². The Labute approximate surface area is 153 Å². The number of fused-ring (bicyclic) bond motifs is 1. The molecule has 1 N–H and O–H groups in total. The van der Waals surface area contributed by atoms with Crippen molar-refractivity contribution in [2.24, 2.45) is 0 Å². The molecule has 0 aromatic heterocycles. The Bertz CT molecular complexity index is 771. The highest BCUT2D eigenvalue weighted by Crippen LogP contribution is 2.39. The predicted molar refractivity (Wildman–Crippen MR) is 98.3 cm³/mol. The van der Waals surface area contributed by atoms with E-state index in [0.29, 0.717) is 17.2 Å². The van der Waals surface area contributed by atoms with Crippen LogP contribution in [0.1, 0.15) is 37.4 Å². The number of nitrogens with one attached hydrogen (secondary N) is 1. The maximum atomic E-state index is 12.4. The molecule has 5 heteroatoms. The van der Waals surface area contributed by atoms with Crippen molar-refractivity contribution >= 4 is 17.5 Å². The molecule has 1 amide bonds. The van der Waals surface area contributed by atoms with E-state index in [1.165, 1.54) is 0 Å². The first-order chi connectivity index (χ1) is 11.8. The third kappa shape index (κ3) is 4.45. The third-order valence-corrected chi connectivity index (χ3v) is 4.39. The van der Waals surface area contributed by atoms with Gasteiger partial charge in [-0.05, 0) is 51.1 Å². The number of rotatable bonds is 4. The molecule has 0 bridgehead atoms. The molecule has 0 fully saturated rings. The van der Waals surface area contributed by atoms with Crippen molar-refractivity contribution in [3.63, 3.8) is 0 Å². The fraction of sp³-hybridized carbons (Fsp3) is 0.350. The number of aryl methyl sites for hydroxylation is 1. The van der Waals surface area contributed by atoms with Gasteiger partial charge in [-0.1, -0.05) is 29.3 Å².